The maximum Gasteiger partial charge on any atom is 0.244 e. The van der Waals surface area contributed by atoms with Gasteiger partial charge in [-0.2, -0.15) is 10.1 Å². The zero-order chi connectivity index (χ0) is 15.2. The quantitative estimate of drug-likeness (QED) is 0.834. The van der Waals surface area contributed by atoms with Crippen molar-refractivity contribution in [2.45, 2.75) is 6.92 Å². The smallest absolute Gasteiger partial charge is 0.244 e. The van der Waals surface area contributed by atoms with Crippen molar-refractivity contribution in [1.29, 1.82) is 0 Å². The minimum atomic E-state index is 0.521. The van der Waals surface area contributed by atoms with E-state index in [2.05, 4.69) is 46.6 Å². The molecule has 2 aromatic rings. The van der Waals surface area contributed by atoms with Gasteiger partial charge in [-0.1, -0.05) is 22.0 Å². The van der Waals surface area contributed by atoms with E-state index in [0.717, 1.165) is 23.2 Å². The lowest BCUT2D eigenvalue weighted by molar-refractivity contribution is 0.425. The third-order valence-electron chi connectivity index (χ3n) is 2.85. The fourth-order valence-electron chi connectivity index (χ4n) is 1.65. The van der Waals surface area contributed by atoms with Gasteiger partial charge in [-0.15, -0.1) is 5.10 Å². The summed E-state index contributed by atoms with van der Waals surface area (Å²) in [6.45, 7) is 3.73. The molecule has 21 heavy (non-hydrogen) atoms. The molecule has 7 heteroatoms. The van der Waals surface area contributed by atoms with Gasteiger partial charge in [-0.3, -0.25) is 0 Å². The lowest BCUT2D eigenvalue weighted by atomic mass is 10.2. The fraction of sp³-hybridized carbons (Fsp3) is 0.357. The van der Waals surface area contributed by atoms with Crippen LogP contribution in [-0.2, 0) is 0 Å². The number of likely N-dealkylation sites (N-methyl/N-ethyl adjacent to an activating group) is 1. The molecule has 0 aliphatic carbocycles. The van der Waals surface area contributed by atoms with Crippen LogP contribution >= 0.6 is 15.9 Å². The zero-order valence-electron chi connectivity index (χ0n) is 12.4. The van der Waals surface area contributed by atoms with Crippen molar-refractivity contribution in [2.24, 2.45) is 0 Å². The topological polar surface area (TPSA) is 66.0 Å². The lowest BCUT2D eigenvalue weighted by Crippen LogP contribution is -2.21. The third-order valence-corrected chi connectivity index (χ3v) is 3.70. The first kappa shape index (κ1) is 15.7. The second-order valence-electron chi connectivity index (χ2n) is 4.98. The molecule has 2 N–H and O–H groups in total. The maximum absolute atomic E-state index is 4.39. The van der Waals surface area contributed by atoms with Gasteiger partial charge in [0, 0.05) is 23.2 Å². The molecule has 0 aliphatic heterocycles. The average molecular weight is 351 g/mol. The van der Waals surface area contributed by atoms with Gasteiger partial charge in [0.1, 0.15) is 0 Å². The van der Waals surface area contributed by atoms with Crippen molar-refractivity contribution in [1.82, 2.24) is 20.1 Å². The van der Waals surface area contributed by atoms with Gasteiger partial charge >= 0.3 is 0 Å². The summed E-state index contributed by atoms with van der Waals surface area (Å²) in [7, 11) is 4.04. The summed E-state index contributed by atoms with van der Waals surface area (Å²) in [6.07, 6.45) is 1.60. The van der Waals surface area contributed by atoms with Crippen LogP contribution < -0.4 is 10.6 Å². The molecule has 0 saturated carbocycles. The van der Waals surface area contributed by atoms with Crippen LogP contribution in [0.4, 0.5) is 17.5 Å². The molecule has 0 fully saturated rings. The summed E-state index contributed by atoms with van der Waals surface area (Å²) >= 11 is 3.52. The highest BCUT2D eigenvalue weighted by molar-refractivity contribution is 9.10. The molecule has 0 radical (unpaired) electrons. The maximum atomic E-state index is 4.39. The summed E-state index contributed by atoms with van der Waals surface area (Å²) in [5, 5.41) is 14.3. The molecule has 0 spiro atoms. The first-order valence-electron chi connectivity index (χ1n) is 6.66. The number of nitrogens with one attached hydrogen (secondary N) is 2. The Morgan fingerprint density at radius 1 is 1.29 bits per heavy atom. The first-order valence-corrected chi connectivity index (χ1v) is 7.45. The van der Waals surface area contributed by atoms with E-state index in [9.17, 15) is 0 Å². The standard InChI is InChI=1S/C14H19BrN6/c1-10-4-5-11(8-12(10)15)18-13-9-17-20-14(19-13)16-6-7-21(2)3/h4-5,8-9H,6-7H2,1-3H3,(H2,16,18,19,20). The van der Waals surface area contributed by atoms with Crippen LogP contribution in [0, 0.1) is 6.92 Å². The Labute approximate surface area is 133 Å². The minimum Gasteiger partial charge on any atom is -0.352 e. The Kier molecular flexibility index (Phi) is 5.46. The van der Waals surface area contributed by atoms with Gasteiger partial charge in [-0.05, 0) is 38.7 Å². The molecule has 1 heterocycles. The molecule has 6 nitrogen and oxygen atoms in total. The van der Waals surface area contributed by atoms with Gasteiger partial charge in [0.15, 0.2) is 5.82 Å². The summed E-state index contributed by atoms with van der Waals surface area (Å²) in [5.74, 6) is 1.18. The van der Waals surface area contributed by atoms with Crippen LogP contribution in [0.2, 0.25) is 0 Å². The van der Waals surface area contributed by atoms with E-state index in [-0.39, 0.29) is 0 Å². The second kappa shape index (κ2) is 7.33. The Morgan fingerprint density at radius 2 is 2.10 bits per heavy atom. The fourth-order valence-corrected chi connectivity index (χ4v) is 2.03. The molecule has 112 valence electrons. The van der Waals surface area contributed by atoms with Gasteiger partial charge in [-0.25, -0.2) is 0 Å². The van der Waals surface area contributed by atoms with E-state index in [1.165, 1.54) is 5.56 Å². The number of benzene rings is 1. The second-order valence-corrected chi connectivity index (χ2v) is 5.84. The van der Waals surface area contributed by atoms with Crippen molar-refractivity contribution in [3.8, 4) is 0 Å². The van der Waals surface area contributed by atoms with Gasteiger partial charge in [0.25, 0.3) is 0 Å². The highest BCUT2D eigenvalue weighted by atomic mass is 79.9. The van der Waals surface area contributed by atoms with Crippen molar-refractivity contribution in [3.63, 3.8) is 0 Å². The van der Waals surface area contributed by atoms with E-state index >= 15 is 0 Å². The minimum absolute atomic E-state index is 0.521. The SMILES string of the molecule is Cc1ccc(Nc2cnnc(NCCN(C)C)n2)cc1Br. The van der Waals surface area contributed by atoms with E-state index in [1.807, 2.05) is 39.2 Å². The van der Waals surface area contributed by atoms with Crippen molar-refractivity contribution in [3.05, 3.63) is 34.4 Å². The molecule has 1 aromatic heterocycles. The third kappa shape index (κ3) is 4.95. The largest absolute Gasteiger partial charge is 0.352 e. The summed E-state index contributed by atoms with van der Waals surface area (Å²) in [4.78, 5) is 6.48. The first-order chi connectivity index (χ1) is 10.0. The van der Waals surface area contributed by atoms with Crippen molar-refractivity contribution < 1.29 is 0 Å². The van der Waals surface area contributed by atoms with Crippen molar-refractivity contribution in [2.75, 3.05) is 37.8 Å². The summed E-state index contributed by atoms with van der Waals surface area (Å²) in [6, 6.07) is 6.05. The van der Waals surface area contributed by atoms with E-state index in [4.69, 9.17) is 0 Å². The number of hydrogen-bond acceptors (Lipinski definition) is 6. The molecule has 0 saturated heterocycles. The molecular formula is C14H19BrN6. The van der Waals surface area contributed by atoms with Gasteiger partial charge in [0.05, 0.1) is 6.20 Å². The zero-order valence-corrected chi connectivity index (χ0v) is 14.0. The van der Waals surface area contributed by atoms with Crippen LogP contribution in [0.15, 0.2) is 28.9 Å². The molecule has 0 atom stereocenters. The number of aryl methyl sites for hydroxylation is 1. The van der Waals surface area contributed by atoms with Crippen LogP contribution in [0.5, 0.6) is 0 Å². The number of hydrogen-bond donors (Lipinski definition) is 2. The van der Waals surface area contributed by atoms with Crippen LogP contribution in [0.3, 0.4) is 0 Å². The normalized spacial score (nSPS) is 10.7. The average Bonchev–Trinajstić information content (AvgIpc) is 2.43. The Hall–Kier alpha value is -1.73. The van der Waals surface area contributed by atoms with Gasteiger partial charge in [0.2, 0.25) is 5.95 Å². The Balaban J connectivity index is 2.01. The number of aromatic nitrogens is 3. The van der Waals surface area contributed by atoms with Crippen LogP contribution in [0.25, 0.3) is 0 Å². The van der Waals surface area contributed by atoms with E-state index in [0.29, 0.717) is 11.8 Å². The highest BCUT2D eigenvalue weighted by Crippen LogP contribution is 2.22. The monoisotopic (exact) mass is 350 g/mol. The predicted molar refractivity (Wildman–Crippen MR) is 89.0 cm³/mol. The van der Waals surface area contributed by atoms with E-state index in [1.54, 1.807) is 6.20 Å². The number of nitrogens with zero attached hydrogens (tertiary/aromatic N) is 4. The molecule has 2 rings (SSSR count). The predicted octanol–water partition coefficient (Wildman–Crippen LogP) is 2.66. The highest BCUT2D eigenvalue weighted by Gasteiger charge is 2.02. The molecule has 1 aromatic carbocycles. The number of anilines is 3. The molecule has 0 unspecified atom stereocenters. The van der Waals surface area contributed by atoms with Crippen LogP contribution in [0.1, 0.15) is 5.56 Å². The number of halogens is 1. The molecule has 0 aliphatic rings. The summed E-state index contributed by atoms with van der Waals surface area (Å²) < 4.78 is 1.05. The number of rotatable bonds is 6. The van der Waals surface area contributed by atoms with Crippen LogP contribution in [-0.4, -0.2) is 47.3 Å². The molecule has 0 amide bonds. The molecule has 0 bridgehead atoms. The van der Waals surface area contributed by atoms with Crippen molar-refractivity contribution >= 4 is 33.4 Å². The Morgan fingerprint density at radius 3 is 2.81 bits per heavy atom. The van der Waals surface area contributed by atoms with Gasteiger partial charge < -0.3 is 15.5 Å². The summed E-state index contributed by atoms with van der Waals surface area (Å²) in [5.41, 5.74) is 2.14. The lowest BCUT2D eigenvalue weighted by Gasteiger charge is -2.11. The Bertz CT molecular complexity index is 602. The molecular weight excluding hydrogens is 332 g/mol. The van der Waals surface area contributed by atoms with E-state index < -0.39 is 0 Å².